The Balaban J connectivity index is 1.57. The molecule has 1 aliphatic rings. The number of halogens is 4. The molecule has 0 aliphatic carbocycles. The summed E-state index contributed by atoms with van der Waals surface area (Å²) >= 11 is 6.03. The summed E-state index contributed by atoms with van der Waals surface area (Å²) in [7, 11) is 3.09. The van der Waals surface area contributed by atoms with Crippen LogP contribution in [0.3, 0.4) is 0 Å². The van der Waals surface area contributed by atoms with Gasteiger partial charge in [-0.15, -0.1) is 0 Å². The predicted octanol–water partition coefficient (Wildman–Crippen LogP) is 4.30. The highest BCUT2D eigenvalue weighted by Gasteiger charge is 2.33. The van der Waals surface area contributed by atoms with Crippen LogP contribution in [0.4, 0.5) is 19.0 Å². The molecule has 1 fully saturated rings. The summed E-state index contributed by atoms with van der Waals surface area (Å²) in [4.78, 5) is 18.3. The van der Waals surface area contributed by atoms with Gasteiger partial charge in [-0.3, -0.25) is 4.79 Å². The van der Waals surface area contributed by atoms with Crippen LogP contribution < -0.4 is 19.7 Å². The largest absolute Gasteiger partial charge is 0.493 e. The van der Waals surface area contributed by atoms with Crippen molar-refractivity contribution < 1.29 is 27.4 Å². The highest BCUT2D eigenvalue weighted by Crippen LogP contribution is 2.35. The second-order valence-corrected chi connectivity index (χ2v) is 7.57. The van der Waals surface area contributed by atoms with Crippen LogP contribution in [-0.4, -0.2) is 38.2 Å². The fraction of sp³-hybridized carbons (Fsp3) is 0.429. The van der Waals surface area contributed by atoms with E-state index in [4.69, 9.17) is 21.1 Å². The molecule has 0 atom stereocenters. The van der Waals surface area contributed by atoms with Crippen LogP contribution in [0.2, 0.25) is 5.02 Å². The van der Waals surface area contributed by atoms with Crippen molar-refractivity contribution in [2.24, 2.45) is 5.92 Å². The number of carbonyl (C=O) groups excluding carboxylic acids is 1. The van der Waals surface area contributed by atoms with Crippen molar-refractivity contribution in [1.29, 1.82) is 0 Å². The van der Waals surface area contributed by atoms with Crippen LogP contribution in [0, 0.1) is 5.92 Å². The Morgan fingerprint density at radius 2 is 1.97 bits per heavy atom. The van der Waals surface area contributed by atoms with Gasteiger partial charge >= 0.3 is 6.18 Å². The molecule has 1 N–H and O–H groups in total. The zero-order valence-corrected chi connectivity index (χ0v) is 17.9. The Labute approximate surface area is 183 Å². The van der Waals surface area contributed by atoms with E-state index >= 15 is 0 Å². The number of carbonyl (C=O) groups is 1. The number of anilines is 1. The van der Waals surface area contributed by atoms with Crippen molar-refractivity contribution in [3.63, 3.8) is 0 Å². The number of alkyl halides is 3. The lowest BCUT2D eigenvalue weighted by atomic mass is 9.95. The number of nitrogens with one attached hydrogen (secondary N) is 1. The fourth-order valence-electron chi connectivity index (χ4n) is 3.59. The number of aromatic nitrogens is 1. The number of amides is 1. The Bertz CT molecular complexity index is 932. The molecule has 6 nitrogen and oxygen atoms in total. The summed E-state index contributed by atoms with van der Waals surface area (Å²) in [6.07, 6.45) is -2.63. The van der Waals surface area contributed by atoms with Crippen LogP contribution in [-0.2, 0) is 17.5 Å². The topological polar surface area (TPSA) is 63.7 Å². The Hall–Kier alpha value is -2.68. The minimum Gasteiger partial charge on any atom is -0.493 e. The number of methoxy groups -OCH3 is 2. The van der Waals surface area contributed by atoms with E-state index in [-0.39, 0.29) is 16.8 Å². The molecular formula is C21H23ClF3N3O3. The predicted molar refractivity (Wildman–Crippen MR) is 111 cm³/mol. The number of hydrogen-bond donors (Lipinski definition) is 1. The van der Waals surface area contributed by atoms with E-state index in [1.807, 2.05) is 12.1 Å². The van der Waals surface area contributed by atoms with Crippen LogP contribution in [0.5, 0.6) is 11.5 Å². The maximum absolute atomic E-state index is 12.8. The summed E-state index contributed by atoms with van der Waals surface area (Å²) in [5.41, 5.74) is -0.0862. The van der Waals surface area contributed by atoms with E-state index in [0.717, 1.165) is 17.8 Å². The third-order valence-corrected chi connectivity index (χ3v) is 5.53. The maximum Gasteiger partial charge on any atom is 0.417 e. The standard InChI is InChI=1S/C21H23ClF3N3O3/c1-30-17-5-3-4-14(18(17)31-2)11-27-20(29)13-6-8-28(9-7-13)19-16(22)10-15(12-26-19)21(23,24)25/h3-5,10,12-13H,6-9,11H2,1-2H3,(H,27,29). The molecule has 1 amide bonds. The van der Waals surface area contributed by atoms with Crippen LogP contribution in [0.15, 0.2) is 30.5 Å². The second-order valence-electron chi connectivity index (χ2n) is 7.16. The molecule has 2 heterocycles. The van der Waals surface area contributed by atoms with Gasteiger partial charge in [-0.05, 0) is 25.0 Å². The Morgan fingerprint density at radius 1 is 1.26 bits per heavy atom. The van der Waals surface area contributed by atoms with Gasteiger partial charge in [0.15, 0.2) is 11.5 Å². The minimum atomic E-state index is -4.49. The first-order valence-corrected chi connectivity index (χ1v) is 10.1. The van der Waals surface area contributed by atoms with Crippen molar-refractivity contribution in [3.05, 3.63) is 46.6 Å². The monoisotopic (exact) mass is 457 g/mol. The molecule has 2 aromatic rings. The molecule has 3 rings (SSSR count). The van der Waals surface area contributed by atoms with Crippen molar-refractivity contribution in [2.75, 3.05) is 32.2 Å². The number of hydrogen-bond acceptors (Lipinski definition) is 5. The van der Waals surface area contributed by atoms with E-state index in [2.05, 4.69) is 10.3 Å². The molecule has 1 aliphatic heterocycles. The summed E-state index contributed by atoms with van der Waals surface area (Å²) in [5.74, 6) is 1.17. The van der Waals surface area contributed by atoms with Crippen molar-refractivity contribution >= 4 is 23.3 Å². The van der Waals surface area contributed by atoms with Crippen LogP contribution >= 0.6 is 11.6 Å². The van der Waals surface area contributed by atoms with E-state index in [9.17, 15) is 18.0 Å². The molecule has 31 heavy (non-hydrogen) atoms. The number of pyridine rings is 1. The lowest BCUT2D eigenvalue weighted by molar-refractivity contribution is -0.137. The quantitative estimate of drug-likeness (QED) is 0.700. The first-order valence-electron chi connectivity index (χ1n) is 9.69. The van der Waals surface area contributed by atoms with Crippen molar-refractivity contribution in [2.45, 2.75) is 25.6 Å². The number of para-hydroxylation sites is 1. The minimum absolute atomic E-state index is 0.0529. The lowest BCUT2D eigenvalue weighted by Crippen LogP contribution is -2.40. The van der Waals surface area contributed by atoms with Gasteiger partial charge in [0, 0.05) is 37.3 Å². The summed E-state index contributed by atoms with van der Waals surface area (Å²) < 4.78 is 49.0. The third-order valence-electron chi connectivity index (χ3n) is 5.25. The molecule has 0 unspecified atom stereocenters. The van der Waals surface area contributed by atoms with Gasteiger partial charge in [0.05, 0.1) is 24.8 Å². The molecule has 1 aromatic heterocycles. The highest BCUT2D eigenvalue weighted by molar-refractivity contribution is 6.33. The first kappa shape index (κ1) is 23.0. The number of ether oxygens (including phenoxy) is 2. The van der Waals surface area contributed by atoms with Gasteiger partial charge in [0.1, 0.15) is 5.82 Å². The van der Waals surface area contributed by atoms with E-state index in [1.165, 1.54) is 0 Å². The van der Waals surface area contributed by atoms with Gasteiger partial charge in [-0.25, -0.2) is 4.98 Å². The van der Waals surface area contributed by atoms with Gasteiger partial charge in [-0.1, -0.05) is 23.7 Å². The molecule has 0 radical (unpaired) electrons. The Kier molecular flexibility index (Phi) is 7.15. The Morgan fingerprint density at radius 3 is 2.55 bits per heavy atom. The van der Waals surface area contributed by atoms with Crippen LogP contribution in [0.1, 0.15) is 24.0 Å². The normalized spacial score (nSPS) is 15.0. The van der Waals surface area contributed by atoms with E-state index < -0.39 is 11.7 Å². The fourth-order valence-corrected chi connectivity index (χ4v) is 3.88. The molecule has 0 saturated carbocycles. The SMILES string of the molecule is COc1cccc(CNC(=O)C2CCN(c3ncc(C(F)(F)F)cc3Cl)CC2)c1OC. The van der Waals surface area contributed by atoms with E-state index in [0.29, 0.717) is 49.8 Å². The van der Waals surface area contributed by atoms with Gasteiger partial charge in [0.25, 0.3) is 0 Å². The molecule has 168 valence electrons. The van der Waals surface area contributed by atoms with E-state index in [1.54, 1.807) is 25.2 Å². The zero-order chi connectivity index (χ0) is 22.6. The van der Waals surface area contributed by atoms with Gasteiger partial charge < -0.3 is 19.7 Å². The molecular weight excluding hydrogens is 435 g/mol. The van der Waals surface area contributed by atoms with Crippen LogP contribution in [0.25, 0.3) is 0 Å². The average Bonchev–Trinajstić information content (AvgIpc) is 2.76. The third kappa shape index (κ3) is 5.33. The number of rotatable bonds is 6. The van der Waals surface area contributed by atoms with Gasteiger partial charge in [-0.2, -0.15) is 13.2 Å². The summed E-state index contributed by atoms with van der Waals surface area (Å²) in [6.45, 7) is 1.24. The smallest absolute Gasteiger partial charge is 0.417 e. The zero-order valence-electron chi connectivity index (χ0n) is 17.1. The molecule has 10 heteroatoms. The summed E-state index contributed by atoms with van der Waals surface area (Å²) in [5, 5.41) is 2.87. The van der Waals surface area contributed by atoms with Crippen molar-refractivity contribution in [1.82, 2.24) is 10.3 Å². The molecule has 1 aromatic carbocycles. The van der Waals surface area contributed by atoms with Gasteiger partial charge in [0.2, 0.25) is 5.91 Å². The molecule has 1 saturated heterocycles. The maximum atomic E-state index is 12.8. The summed E-state index contributed by atoms with van der Waals surface area (Å²) in [6, 6.07) is 6.33. The average molecular weight is 458 g/mol. The first-order chi connectivity index (χ1) is 14.7. The lowest BCUT2D eigenvalue weighted by Gasteiger charge is -2.32. The number of piperidine rings is 1. The molecule has 0 bridgehead atoms. The highest BCUT2D eigenvalue weighted by atomic mass is 35.5. The molecule has 0 spiro atoms. The number of benzene rings is 1. The second kappa shape index (κ2) is 9.64. The van der Waals surface area contributed by atoms with Crippen molar-refractivity contribution in [3.8, 4) is 11.5 Å². The number of nitrogens with zero attached hydrogens (tertiary/aromatic N) is 2.